The van der Waals surface area contributed by atoms with E-state index in [1.54, 1.807) is 18.1 Å². The van der Waals surface area contributed by atoms with Crippen LogP contribution in [0.15, 0.2) is 53.1 Å². The summed E-state index contributed by atoms with van der Waals surface area (Å²) in [4.78, 5) is 18.6. The van der Waals surface area contributed by atoms with Crippen molar-refractivity contribution in [2.45, 2.75) is 0 Å². The summed E-state index contributed by atoms with van der Waals surface area (Å²) in [6.07, 6.45) is 0. The third-order valence-corrected chi connectivity index (χ3v) is 4.61. The highest BCUT2D eigenvalue weighted by Gasteiger charge is 2.19. The van der Waals surface area contributed by atoms with E-state index in [-0.39, 0.29) is 12.5 Å². The predicted molar refractivity (Wildman–Crippen MR) is 105 cm³/mol. The van der Waals surface area contributed by atoms with Gasteiger partial charge in [-0.1, -0.05) is 17.3 Å². The van der Waals surface area contributed by atoms with Gasteiger partial charge in [-0.2, -0.15) is 4.98 Å². The van der Waals surface area contributed by atoms with E-state index >= 15 is 0 Å². The highest BCUT2D eigenvalue weighted by atomic mass is 16.5. The molecule has 0 bridgehead atoms. The molecule has 0 atom stereocenters. The molecule has 1 aliphatic heterocycles. The quantitative estimate of drug-likeness (QED) is 0.634. The molecule has 0 aliphatic carbocycles. The van der Waals surface area contributed by atoms with Crippen molar-refractivity contribution in [3.05, 3.63) is 48.5 Å². The molecule has 1 amide bonds. The number of amides is 1. The molecular formula is C21H21N3O5. The van der Waals surface area contributed by atoms with Gasteiger partial charge in [0.05, 0.1) is 25.9 Å². The Labute approximate surface area is 168 Å². The molecule has 2 heterocycles. The van der Waals surface area contributed by atoms with E-state index < -0.39 is 0 Å². The molecule has 29 heavy (non-hydrogen) atoms. The fraction of sp³-hybridized carbons (Fsp3) is 0.286. The summed E-state index contributed by atoms with van der Waals surface area (Å²) in [7, 11) is 1.61. The first kappa shape index (κ1) is 18.9. The van der Waals surface area contributed by atoms with Gasteiger partial charge in [0.2, 0.25) is 5.82 Å². The second-order valence-electron chi connectivity index (χ2n) is 6.43. The van der Waals surface area contributed by atoms with Crippen molar-refractivity contribution in [1.29, 1.82) is 0 Å². The van der Waals surface area contributed by atoms with Crippen LogP contribution in [-0.4, -0.2) is 61.0 Å². The van der Waals surface area contributed by atoms with Gasteiger partial charge in [0.1, 0.15) is 11.5 Å². The van der Waals surface area contributed by atoms with Crippen LogP contribution < -0.4 is 9.47 Å². The van der Waals surface area contributed by atoms with Crippen LogP contribution in [0.25, 0.3) is 22.8 Å². The molecule has 150 valence electrons. The maximum Gasteiger partial charge on any atom is 0.262 e. The van der Waals surface area contributed by atoms with E-state index in [1.807, 2.05) is 42.5 Å². The SMILES string of the molecule is COc1ccc(-c2noc(-c3ccccc3OCC(=O)N3CCOCC3)n2)cc1. The van der Waals surface area contributed by atoms with Crippen molar-refractivity contribution in [3.8, 4) is 34.3 Å². The van der Waals surface area contributed by atoms with Crippen LogP contribution in [0.3, 0.4) is 0 Å². The highest BCUT2D eigenvalue weighted by molar-refractivity contribution is 5.78. The van der Waals surface area contributed by atoms with Crippen LogP contribution in [0.5, 0.6) is 11.5 Å². The lowest BCUT2D eigenvalue weighted by Crippen LogP contribution is -2.43. The molecule has 0 spiro atoms. The van der Waals surface area contributed by atoms with E-state index in [0.717, 1.165) is 11.3 Å². The Morgan fingerprint density at radius 3 is 2.62 bits per heavy atom. The Balaban J connectivity index is 1.49. The van der Waals surface area contributed by atoms with E-state index in [2.05, 4.69) is 10.1 Å². The van der Waals surface area contributed by atoms with Crippen LogP contribution in [-0.2, 0) is 9.53 Å². The predicted octanol–water partition coefficient (Wildman–Crippen LogP) is 2.65. The van der Waals surface area contributed by atoms with E-state index in [4.69, 9.17) is 18.7 Å². The van der Waals surface area contributed by atoms with Crippen LogP contribution >= 0.6 is 0 Å². The van der Waals surface area contributed by atoms with E-state index in [9.17, 15) is 4.79 Å². The molecule has 0 saturated carbocycles. The van der Waals surface area contributed by atoms with Gasteiger partial charge in [0.25, 0.3) is 11.8 Å². The molecule has 0 radical (unpaired) electrons. The first-order valence-electron chi connectivity index (χ1n) is 9.30. The third-order valence-electron chi connectivity index (χ3n) is 4.61. The van der Waals surface area contributed by atoms with Gasteiger partial charge in [0.15, 0.2) is 6.61 Å². The lowest BCUT2D eigenvalue weighted by molar-refractivity contribution is -0.137. The minimum Gasteiger partial charge on any atom is -0.497 e. The highest BCUT2D eigenvalue weighted by Crippen LogP contribution is 2.30. The number of nitrogens with zero attached hydrogens (tertiary/aromatic N) is 3. The van der Waals surface area contributed by atoms with Gasteiger partial charge in [-0.05, 0) is 36.4 Å². The maximum atomic E-state index is 12.3. The second-order valence-corrected chi connectivity index (χ2v) is 6.43. The van der Waals surface area contributed by atoms with Crippen LogP contribution in [0.1, 0.15) is 0 Å². The number of hydrogen-bond acceptors (Lipinski definition) is 7. The lowest BCUT2D eigenvalue weighted by atomic mass is 10.2. The summed E-state index contributed by atoms with van der Waals surface area (Å²) in [5, 5.41) is 4.06. The second kappa shape index (κ2) is 8.74. The Kier molecular flexibility index (Phi) is 5.71. The normalized spacial score (nSPS) is 13.9. The summed E-state index contributed by atoms with van der Waals surface area (Å²) < 4.78 is 21.7. The summed E-state index contributed by atoms with van der Waals surface area (Å²) in [6.45, 7) is 2.21. The van der Waals surface area contributed by atoms with Gasteiger partial charge in [0, 0.05) is 18.7 Å². The zero-order valence-corrected chi connectivity index (χ0v) is 16.0. The average molecular weight is 395 g/mol. The molecular weight excluding hydrogens is 374 g/mol. The number of hydrogen-bond donors (Lipinski definition) is 0. The number of ether oxygens (including phenoxy) is 3. The molecule has 1 fully saturated rings. The van der Waals surface area contributed by atoms with Gasteiger partial charge < -0.3 is 23.6 Å². The summed E-state index contributed by atoms with van der Waals surface area (Å²) in [5.41, 5.74) is 1.44. The Morgan fingerprint density at radius 2 is 1.86 bits per heavy atom. The molecule has 2 aromatic carbocycles. The molecule has 8 nitrogen and oxygen atoms in total. The fourth-order valence-corrected chi connectivity index (χ4v) is 3.00. The summed E-state index contributed by atoms with van der Waals surface area (Å²) >= 11 is 0. The molecule has 1 aliphatic rings. The standard InChI is InChI=1S/C21H21N3O5/c1-26-16-8-6-15(7-9-16)20-22-21(29-23-20)17-4-2-3-5-18(17)28-14-19(25)24-10-12-27-13-11-24/h2-9H,10-14H2,1H3. The molecule has 1 saturated heterocycles. The molecule has 1 aromatic heterocycles. The van der Waals surface area contributed by atoms with Crippen molar-refractivity contribution in [2.24, 2.45) is 0 Å². The molecule has 0 N–H and O–H groups in total. The van der Waals surface area contributed by atoms with Crippen molar-refractivity contribution in [2.75, 3.05) is 40.0 Å². The molecule has 4 rings (SSSR count). The van der Waals surface area contributed by atoms with Crippen molar-refractivity contribution < 1.29 is 23.5 Å². The Morgan fingerprint density at radius 1 is 1.10 bits per heavy atom. The number of morpholine rings is 1. The third kappa shape index (κ3) is 4.38. The topological polar surface area (TPSA) is 86.9 Å². The summed E-state index contributed by atoms with van der Waals surface area (Å²) in [5.74, 6) is 1.97. The minimum absolute atomic E-state index is 0.0590. The Hall–Kier alpha value is -3.39. The number of carbonyl (C=O) groups excluding carboxylic acids is 1. The maximum absolute atomic E-state index is 12.3. The zero-order valence-electron chi connectivity index (χ0n) is 16.0. The minimum atomic E-state index is -0.0763. The Bertz CT molecular complexity index is 964. The van der Waals surface area contributed by atoms with Crippen LogP contribution in [0, 0.1) is 0 Å². The van der Waals surface area contributed by atoms with E-state index in [1.165, 1.54) is 0 Å². The lowest BCUT2D eigenvalue weighted by Gasteiger charge is -2.26. The zero-order chi connectivity index (χ0) is 20.1. The molecule has 3 aromatic rings. The van der Waals surface area contributed by atoms with E-state index in [0.29, 0.717) is 49.3 Å². The number of methoxy groups -OCH3 is 1. The molecule has 0 unspecified atom stereocenters. The monoisotopic (exact) mass is 395 g/mol. The van der Waals surface area contributed by atoms with Crippen LogP contribution in [0.2, 0.25) is 0 Å². The first-order valence-corrected chi connectivity index (χ1v) is 9.30. The summed E-state index contributed by atoms with van der Waals surface area (Å²) in [6, 6.07) is 14.7. The smallest absolute Gasteiger partial charge is 0.262 e. The molecule has 8 heteroatoms. The largest absolute Gasteiger partial charge is 0.497 e. The van der Waals surface area contributed by atoms with Crippen molar-refractivity contribution >= 4 is 5.91 Å². The number of rotatable bonds is 6. The van der Waals surface area contributed by atoms with Gasteiger partial charge >= 0.3 is 0 Å². The van der Waals surface area contributed by atoms with Crippen molar-refractivity contribution in [1.82, 2.24) is 15.0 Å². The first-order chi connectivity index (χ1) is 14.2. The number of aromatic nitrogens is 2. The average Bonchev–Trinajstić information content (AvgIpc) is 3.28. The number of benzene rings is 2. The van der Waals surface area contributed by atoms with Gasteiger partial charge in [-0.3, -0.25) is 4.79 Å². The van der Waals surface area contributed by atoms with Gasteiger partial charge in [-0.15, -0.1) is 0 Å². The fourth-order valence-electron chi connectivity index (χ4n) is 3.00. The van der Waals surface area contributed by atoms with Crippen LogP contribution in [0.4, 0.5) is 0 Å². The number of para-hydroxylation sites is 1. The van der Waals surface area contributed by atoms with Gasteiger partial charge in [-0.25, -0.2) is 0 Å². The number of carbonyl (C=O) groups is 1. The van der Waals surface area contributed by atoms with Crippen molar-refractivity contribution in [3.63, 3.8) is 0 Å².